The van der Waals surface area contributed by atoms with Crippen molar-refractivity contribution in [1.29, 1.82) is 0 Å². The molecule has 2 aromatic rings. The lowest BCUT2D eigenvalue weighted by Gasteiger charge is -2.13. The number of rotatable bonds is 10. The Balaban J connectivity index is 1.89. The molecule has 0 aliphatic heterocycles. The van der Waals surface area contributed by atoms with E-state index in [-0.39, 0.29) is 18.4 Å². The summed E-state index contributed by atoms with van der Waals surface area (Å²) in [5.41, 5.74) is 3.38. The predicted octanol–water partition coefficient (Wildman–Crippen LogP) is 3.71. The van der Waals surface area contributed by atoms with E-state index in [0.29, 0.717) is 30.9 Å². The van der Waals surface area contributed by atoms with Gasteiger partial charge in [-0.15, -0.1) is 0 Å². The Morgan fingerprint density at radius 1 is 1.10 bits per heavy atom. The molecule has 0 bridgehead atoms. The maximum Gasteiger partial charge on any atom is 0.243 e. The van der Waals surface area contributed by atoms with Crippen molar-refractivity contribution < 1.29 is 14.3 Å². The smallest absolute Gasteiger partial charge is 0.243 e. The van der Waals surface area contributed by atoms with Crippen LogP contribution in [0.15, 0.2) is 60.7 Å². The van der Waals surface area contributed by atoms with Crippen molar-refractivity contribution in [1.82, 2.24) is 4.90 Å². The molecule has 0 aliphatic carbocycles. The number of amides is 2. The maximum absolute atomic E-state index is 12.3. The Morgan fingerprint density at radius 2 is 1.86 bits per heavy atom. The first kappa shape index (κ1) is 22.0. The zero-order valence-electron chi connectivity index (χ0n) is 17.3. The third-order valence-electron chi connectivity index (χ3n) is 4.14. The molecule has 2 amide bonds. The number of nitrogens with one attached hydrogen (secondary N) is 2. The SMILES string of the molecule is C=C(C)COc1ccccc1NCC(=O)Nc1cccc(CCC(=O)N(C)C)c1. The highest BCUT2D eigenvalue weighted by molar-refractivity contribution is 5.94. The lowest BCUT2D eigenvalue weighted by molar-refractivity contribution is -0.128. The molecule has 0 aromatic heterocycles. The molecular formula is C23H29N3O3. The summed E-state index contributed by atoms with van der Waals surface area (Å²) in [5.74, 6) is 0.591. The minimum absolute atomic E-state index is 0.0798. The van der Waals surface area contributed by atoms with Gasteiger partial charge < -0.3 is 20.3 Å². The molecule has 0 unspecified atom stereocenters. The van der Waals surface area contributed by atoms with E-state index in [1.807, 2.05) is 55.5 Å². The first-order valence-electron chi connectivity index (χ1n) is 9.54. The average molecular weight is 396 g/mol. The van der Waals surface area contributed by atoms with Crippen LogP contribution in [0, 0.1) is 0 Å². The van der Waals surface area contributed by atoms with Crippen LogP contribution in [0.2, 0.25) is 0 Å². The Bertz CT molecular complexity index is 862. The van der Waals surface area contributed by atoms with E-state index in [2.05, 4.69) is 17.2 Å². The fourth-order valence-electron chi connectivity index (χ4n) is 2.60. The van der Waals surface area contributed by atoms with Gasteiger partial charge >= 0.3 is 0 Å². The molecule has 0 saturated carbocycles. The molecule has 0 fully saturated rings. The average Bonchev–Trinajstić information content (AvgIpc) is 2.69. The van der Waals surface area contributed by atoms with Crippen LogP contribution in [0.25, 0.3) is 0 Å². The fourth-order valence-corrected chi connectivity index (χ4v) is 2.60. The number of nitrogens with zero attached hydrogens (tertiary/aromatic N) is 1. The van der Waals surface area contributed by atoms with E-state index in [1.165, 1.54) is 0 Å². The van der Waals surface area contributed by atoms with Crippen LogP contribution in [-0.4, -0.2) is 44.0 Å². The van der Waals surface area contributed by atoms with Crippen molar-refractivity contribution in [3.05, 3.63) is 66.2 Å². The molecular weight excluding hydrogens is 366 g/mol. The Kier molecular flexibility index (Phi) is 8.27. The molecule has 6 heteroatoms. The van der Waals surface area contributed by atoms with E-state index in [9.17, 15) is 9.59 Å². The summed E-state index contributed by atoms with van der Waals surface area (Å²) >= 11 is 0. The van der Waals surface area contributed by atoms with Crippen molar-refractivity contribution in [3.8, 4) is 5.75 Å². The summed E-state index contributed by atoms with van der Waals surface area (Å²) < 4.78 is 5.70. The van der Waals surface area contributed by atoms with Crippen LogP contribution >= 0.6 is 0 Å². The van der Waals surface area contributed by atoms with Gasteiger partial charge in [0.05, 0.1) is 12.2 Å². The normalized spacial score (nSPS) is 10.2. The Morgan fingerprint density at radius 3 is 2.59 bits per heavy atom. The van der Waals surface area contributed by atoms with Crippen LogP contribution in [0.4, 0.5) is 11.4 Å². The van der Waals surface area contributed by atoms with E-state index < -0.39 is 0 Å². The van der Waals surface area contributed by atoms with Crippen molar-refractivity contribution in [2.75, 3.05) is 37.9 Å². The van der Waals surface area contributed by atoms with Gasteiger partial charge in [0.15, 0.2) is 0 Å². The second-order valence-electron chi connectivity index (χ2n) is 7.13. The molecule has 0 aliphatic rings. The summed E-state index contributed by atoms with van der Waals surface area (Å²) in [7, 11) is 3.49. The Hall–Kier alpha value is -3.28. The summed E-state index contributed by atoms with van der Waals surface area (Å²) in [6, 6.07) is 15.0. The molecule has 6 nitrogen and oxygen atoms in total. The van der Waals surface area contributed by atoms with Gasteiger partial charge in [-0.1, -0.05) is 30.8 Å². The summed E-state index contributed by atoms with van der Waals surface area (Å²) in [5, 5.41) is 5.99. The number of ether oxygens (including phenoxy) is 1. The van der Waals surface area contributed by atoms with Gasteiger partial charge in [-0.2, -0.15) is 0 Å². The van der Waals surface area contributed by atoms with Crippen LogP contribution in [0.3, 0.4) is 0 Å². The van der Waals surface area contributed by atoms with E-state index in [4.69, 9.17) is 4.74 Å². The summed E-state index contributed by atoms with van der Waals surface area (Å²) in [6.07, 6.45) is 1.07. The number of carbonyl (C=O) groups is 2. The van der Waals surface area contributed by atoms with Gasteiger partial charge in [-0.25, -0.2) is 0 Å². The number of hydrogen-bond acceptors (Lipinski definition) is 4. The number of aryl methyl sites for hydroxylation is 1. The largest absolute Gasteiger partial charge is 0.487 e. The number of hydrogen-bond donors (Lipinski definition) is 2. The fraction of sp³-hybridized carbons (Fsp3) is 0.304. The van der Waals surface area contributed by atoms with Crippen molar-refractivity contribution in [3.63, 3.8) is 0 Å². The molecule has 0 atom stereocenters. The van der Waals surface area contributed by atoms with Crippen LogP contribution < -0.4 is 15.4 Å². The van der Waals surface area contributed by atoms with Gasteiger partial charge in [0.1, 0.15) is 12.4 Å². The highest BCUT2D eigenvalue weighted by Gasteiger charge is 2.08. The van der Waals surface area contributed by atoms with Gasteiger partial charge in [0.25, 0.3) is 0 Å². The highest BCUT2D eigenvalue weighted by Crippen LogP contribution is 2.24. The van der Waals surface area contributed by atoms with Gasteiger partial charge in [-0.3, -0.25) is 9.59 Å². The summed E-state index contributed by atoms with van der Waals surface area (Å²) in [6.45, 7) is 6.26. The predicted molar refractivity (Wildman–Crippen MR) is 117 cm³/mol. The molecule has 0 radical (unpaired) electrons. The second-order valence-corrected chi connectivity index (χ2v) is 7.13. The van der Waals surface area contributed by atoms with Gasteiger partial charge in [0.2, 0.25) is 11.8 Å². The molecule has 2 N–H and O–H groups in total. The summed E-state index contributed by atoms with van der Waals surface area (Å²) in [4.78, 5) is 25.7. The van der Waals surface area contributed by atoms with Crippen LogP contribution in [-0.2, 0) is 16.0 Å². The minimum Gasteiger partial charge on any atom is -0.487 e. The Labute approximate surface area is 172 Å². The molecule has 0 heterocycles. The van der Waals surface area contributed by atoms with Crippen molar-refractivity contribution >= 4 is 23.2 Å². The molecule has 29 heavy (non-hydrogen) atoms. The topological polar surface area (TPSA) is 70.7 Å². The van der Waals surface area contributed by atoms with Crippen molar-refractivity contribution in [2.45, 2.75) is 19.8 Å². The maximum atomic E-state index is 12.3. The second kappa shape index (κ2) is 10.9. The van der Waals surface area contributed by atoms with Crippen LogP contribution in [0.5, 0.6) is 5.75 Å². The monoisotopic (exact) mass is 395 g/mol. The number of para-hydroxylation sites is 2. The first-order chi connectivity index (χ1) is 13.8. The van der Waals surface area contributed by atoms with Gasteiger partial charge in [0, 0.05) is 26.2 Å². The van der Waals surface area contributed by atoms with Crippen molar-refractivity contribution in [2.24, 2.45) is 0 Å². The zero-order valence-corrected chi connectivity index (χ0v) is 17.3. The standard InChI is InChI=1S/C23H29N3O3/c1-17(2)16-29-21-11-6-5-10-20(21)24-15-22(27)25-19-9-7-8-18(14-19)12-13-23(28)26(3)4/h5-11,14,24H,1,12-13,15-16H2,2-4H3,(H,25,27). The van der Waals surface area contributed by atoms with E-state index in [1.54, 1.807) is 19.0 Å². The molecule has 154 valence electrons. The first-order valence-corrected chi connectivity index (χ1v) is 9.54. The molecule has 0 saturated heterocycles. The lowest BCUT2D eigenvalue weighted by atomic mass is 10.1. The lowest BCUT2D eigenvalue weighted by Crippen LogP contribution is -2.22. The molecule has 2 aromatic carbocycles. The van der Waals surface area contributed by atoms with Gasteiger partial charge in [-0.05, 0) is 48.7 Å². The number of carbonyl (C=O) groups excluding carboxylic acids is 2. The quantitative estimate of drug-likeness (QED) is 0.602. The third-order valence-corrected chi connectivity index (χ3v) is 4.14. The molecule has 2 rings (SSSR count). The number of benzene rings is 2. The molecule has 0 spiro atoms. The zero-order chi connectivity index (χ0) is 21.2. The van der Waals surface area contributed by atoms with E-state index in [0.717, 1.165) is 16.8 Å². The van der Waals surface area contributed by atoms with E-state index >= 15 is 0 Å². The number of anilines is 2. The van der Waals surface area contributed by atoms with Crippen LogP contribution in [0.1, 0.15) is 18.9 Å². The highest BCUT2D eigenvalue weighted by atomic mass is 16.5. The minimum atomic E-state index is -0.166. The third kappa shape index (κ3) is 7.70.